The van der Waals surface area contributed by atoms with Crippen LogP contribution in [0, 0.1) is 0 Å². The largest absolute Gasteiger partial charge is 0.349 e. The van der Waals surface area contributed by atoms with Crippen LogP contribution in [0.25, 0.3) is 5.69 Å². The van der Waals surface area contributed by atoms with Gasteiger partial charge in [-0.15, -0.1) is 11.8 Å². The smallest absolute Gasteiger partial charge is 0.230 e. The first-order chi connectivity index (χ1) is 13.2. The fourth-order valence-corrected chi connectivity index (χ4v) is 4.27. The molecule has 138 valence electrons. The van der Waals surface area contributed by atoms with E-state index in [1.807, 2.05) is 42.0 Å². The average molecular weight is 378 g/mol. The summed E-state index contributed by atoms with van der Waals surface area (Å²) in [5, 5.41) is 3.09. The summed E-state index contributed by atoms with van der Waals surface area (Å²) >= 11 is 1.61. The minimum atomic E-state index is -0.0186. The number of thioether (sulfide) groups is 1. The molecule has 5 heteroatoms. The molecule has 1 amide bonds. The maximum absolute atomic E-state index is 12.3. The number of fused-ring (bicyclic) bond motifs is 1. The number of carbonyl (C=O) groups is 1. The number of nitrogens with one attached hydrogen (secondary N) is 1. The van der Waals surface area contributed by atoms with E-state index in [2.05, 4.69) is 28.5 Å². The lowest BCUT2D eigenvalue weighted by atomic mass is 10.1. The van der Waals surface area contributed by atoms with E-state index in [9.17, 15) is 4.79 Å². The van der Waals surface area contributed by atoms with Gasteiger partial charge < -0.3 is 9.88 Å². The molecule has 0 unspecified atom stereocenters. The maximum atomic E-state index is 12.3. The van der Waals surface area contributed by atoms with Gasteiger partial charge in [-0.3, -0.25) is 4.79 Å². The Morgan fingerprint density at radius 1 is 1.19 bits per heavy atom. The number of hydrogen-bond donors (Lipinski definition) is 1. The molecule has 1 aliphatic carbocycles. The standard InChI is InChI=1S/C22H23N3OS/c1-16(17-5-8-20(9-6-17)25-12-11-23-15-25)24-22(26)14-27-21-10-7-18-3-2-4-19(18)13-21/h5-13,15-16H,2-4,14H2,1H3,(H,24,26)/t16-/m1/s1. The number of aromatic nitrogens is 2. The quantitative estimate of drug-likeness (QED) is 0.651. The lowest BCUT2D eigenvalue weighted by molar-refractivity contribution is -0.119. The highest BCUT2D eigenvalue weighted by molar-refractivity contribution is 8.00. The average Bonchev–Trinajstić information content (AvgIpc) is 3.38. The molecule has 0 saturated heterocycles. The van der Waals surface area contributed by atoms with E-state index >= 15 is 0 Å². The van der Waals surface area contributed by atoms with Gasteiger partial charge in [0.15, 0.2) is 0 Å². The van der Waals surface area contributed by atoms with Crippen LogP contribution in [0.3, 0.4) is 0 Å². The zero-order chi connectivity index (χ0) is 18.6. The molecule has 4 rings (SSSR count). The second kappa shape index (κ2) is 8.01. The number of benzene rings is 2. The monoisotopic (exact) mass is 377 g/mol. The van der Waals surface area contributed by atoms with Crippen molar-refractivity contribution in [1.29, 1.82) is 0 Å². The number of hydrogen-bond acceptors (Lipinski definition) is 3. The van der Waals surface area contributed by atoms with Gasteiger partial charge in [-0.1, -0.05) is 18.2 Å². The van der Waals surface area contributed by atoms with Crippen LogP contribution >= 0.6 is 11.8 Å². The van der Waals surface area contributed by atoms with Crippen LogP contribution < -0.4 is 5.32 Å². The van der Waals surface area contributed by atoms with Gasteiger partial charge in [0, 0.05) is 23.0 Å². The number of imidazole rings is 1. The highest BCUT2D eigenvalue weighted by atomic mass is 32.2. The number of carbonyl (C=O) groups excluding carboxylic acids is 1. The number of nitrogens with zero attached hydrogens (tertiary/aromatic N) is 2. The topological polar surface area (TPSA) is 46.9 Å². The Bertz CT molecular complexity index is 919. The van der Waals surface area contributed by atoms with Gasteiger partial charge in [0.2, 0.25) is 5.91 Å². The van der Waals surface area contributed by atoms with E-state index < -0.39 is 0 Å². The van der Waals surface area contributed by atoms with Crippen LogP contribution in [0.2, 0.25) is 0 Å². The molecule has 27 heavy (non-hydrogen) atoms. The molecule has 0 aliphatic heterocycles. The van der Waals surface area contributed by atoms with Gasteiger partial charge in [0.05, 0.1) is 18.1 Å². The molecule has 0 radical (unpaired) electrons. The van der Waals surface area contributed by atoms with Crippen LogP contribution in [0.5, 0.6) is 0 Å². The van der Waals surface area contributed by atoms with Crippen LogP contribution in [-0.4, -0.2) is 21.2 Å². The molecule has 0 spiro atoms. The van der Waals surface area contributed by atoms with Crippen LogP contribution in [0.15, 0.2) is 66.1 Å². The summed E-state index contributed by atoms with van der Waals surface area (Å²) in [4.78, 5) is 17.6. The first-order valence-corrected chi connectivity index (χ1v) is 10.3. The first kappa shape index (κ1) is 17.9. The third-order valence-corrected chi connectivity index (χ3v) is 6.01. The third-order valence-electron chi connectivity index (χ3n) is 5.01. The molecular weight excluding hydrogens is 354 g/mol. The van der Waals surface area contributed by atoms with E-state index in [1.54, 1.807) is 24.3 Å². The molecule has 2 aromatic carbocycles. The van der Waals surface area contributed by atoms with Gasteiger partial charge in [0.1, 0.15) is 0 Å². The highest BCUT2D eigenvalue weighted by Gasteiger charge is 2.13. The highest BCUT2D eigenvalue weighted by Crippen LogP contribution is 2.27. The minimum Gasteiger partial charge on any atom is -0.349 e. The molecule has 1 atom stereocenters. The Balaban J connectivity index is 1.31. The van der Waals surface area contributed by atoms with Gasteiger partial charge in [-0.25, -0.2) is 4.98 Å². The van der Waals surface area contributed by atoms with E-state index in [-0.39, 0.29) is 11.9 Å². The Kier molecular flexibility index (Phi) is 5.30. The minimum absolute atomic E-state index is 0.0186. The predicted molar refractivity (Wildman–Crippen MR) is 109 cm³/mol. The molecule has 0 bridgehead atoms. The Labute approximate surface area is 164 Å². The van der Waals surface area contributed by atoms with Gasteiger partial charge >= 0.3 is 0 Å². The van der Waals surface area contributed by atoms with E-state index in [0.29, 0.717) is 5.75 Å². The Morgan fingerprint density at radius 3 is 2.78 bits per heavy atom. The summed E-state index contributed by atoms with van der Waals surface area (Å²) < 4.78 is 1.96. The predicted octanol–water partition coefficient (Wildman–Crippen LogP) is 4.33. The van der Waals surface area contributed by atoms with Crippen molar-refractivity contribution in [3.8, 4) is 5.69 Å². The molecule has 3 aromatic rings. The van der Waals surface area contributed by atoms with Crippen molar-refractivity contribution in [1.82, 2.24) is 14.9 Å². The Morgan fingerprint density at radius 2 is 2.00 bits per heavy atom. The molecule has 1 N–H and O–H groups in total. The van der Waals surface area contributed by atoms with Gasteiger partial charge in [-0.2, -0.15) is 0 Å². The number of amides is 1. The summed E-state index contributed by atoms with van der Waals surface area (Å²) in [6.07, 6.45) is 9.06. The normalized spacial score (nSPS) is 14.0. The van der Waals surface area contributed by atoms with Crippen LogP contribution in [0.4, 0.5) is 0 Å². The summed E-state index contributed by atoms with van der Waals surface area (Å²) in [6.45, 7) is 2.02. The van der Waals surface area contributed by atoms with E-state index in [1.165, 1.54) is 35.3 Å². The fourth-order valence-electron chi connectivity index (χ4n) is 3.50. The van der Waals surface area contributed by atoms with Crippen molar-refractivity contribution in [3.05, 3.63) is 77.9 Å². The summed E-state index contributed by atoms with van der Waals surface area (Å²) in [5.41, 5.74) is 5.07. The zero-order valence-corrected chi connectivity index (χ0v) is 16.2. The van der Waals surface area contributed by atoms with Crippen molar-refractivity contribution < 1.29 is 4.79 Å². The lowest BCUT2D eigenvalue weighted by Gasteiger charge is -2.15. The fraction of sp³-hybridized carbons (Fsp3) is 0.273. The SMILES string of the molecule is C[C@@H](NC(=O)CSc1ccc2c(c1)CCC2)c1ccc(-n2ccnc2)cc1. The second-order valence-electron chi connectivity index (χ2n) is 6.92. The van der Waals surface area contributed by atoms with E-state index in [4.69, 9.17) is 0 Å². The van der Waals surface area contributed by atoms with Crippen molar-refractivity contribution in [2.24, 2.45) is 0 Å². The van der Waals surface area contributed by atoms with Crippen molar-refractivity contribution in [2.75, 3.05) is 5.75 Å². The molecule has 1 aliphatic rings. The first-order valence-electron chi connectivity index (χ1n) is 9.31. The van der Waals surface area contributed by atoms with Crippen LogP contribution in [-0.2, 0) is 17.6 Å². The van der Waals surface area contributed by atoms with Crippen molar-refractivity contribution >= 4 is 17.7 Å². The van der Waals surface area contributed by atoms with Crippen LogP contribution in [0.1, 0.15) is 36.1 Å². The molecule has 0 saturated carbocycles. The lowest BCUT2D eigenvalue weighted by Crippen LogP contribution is -2.28. The Hall–Kier alpha value is -2.53. The number of rotatable bonds is 6. The summed E-state index contributed by atoms with van der Waals surface area (Å²) in [7, 11) is 0. The molecule has 1 heterocycles. The molecular formula is C22H23N3OS. The molecule has 0 fully saturated rings. The molecule has 4 nitrogen and oxygen atoms in total. The van der Waals surface area contributed by atoms with Crippen molar-refractivity contribution in [3.63, 3.8) is 0 Å². The zero-order valence-electron chi connectivity index (χ0n) is 15.4. The van der Waals surface area contributed by atoms with E-state index in [0.717, 1.165) is 11.3 Å². The summed E-state index contributed by atoms with van der Waals surface area (Å²) in [5.74, 6) is 0.502. The van der Waals surface area contributed by atoms with Gasteiger partial charge in [0.25, 0.3) is 0 Å². The second-order valence-corrected chi connectivity index (χ2v) is 7.97. The van der Waals surface area contributed by atoms with Crippen molar-refractivity contribution in [2.45, 2.75) is 37.1 Å². The summed E-state index contributed by atoms with van der Waals surface area (Å²) in [6, 6.07) is 14.8. The molecule has 1 aromatic heterocycles. The number of aryl methyl sites for hydroxylation is 2. The maximum Gasteiger partial charge on any atom is 0.230 e. The third kappa shape index (κ3) is 4.25. The van der Waals surface area contributed by atoms with Gasteiger partial charge in [-0.05, 0) is 67.1 Å².